The summed E-state index contributed by atoms with van der Waals surface area (Å²) in [6.45, 7) is 4.43. The Morgan fingerprint density at radius 2 is 2.06 bits per heavy atom. The zero-order chi connectivity index (χ0) is 13.9. The van der Waals surface area contributed by atoms with E-state index in [9.17, 15) is 14.4 Å². The van der Waals surface area contributed by atoms with E-state index < -0.39 is 30.4 Å². The van der Waals surface area contributed by atoms with Gasteiger partial charge in [0.1, 0.15) is 6.04 Å². The highest BCUT2D eigenvalue weighted by molar-refractivity contribution is 5.87. The number of likely N-dealkylation sites (tertiary alicyclic amines) is 1. The Balaban J connectivity index is 2.67. The van der Waals surface area contributed by atoms with Gasteiger partial charge >= 0.3 is 12.0 Å². The number of carboxylic acid groups (broad SMARTS) is 1. The Hall–Kier alpha value is -1.79. The maximum Gasteiger partial charge on any atom is 0.326 e. The maximum absolute atomic E-state index is 12.0. The Labute approximate surface area is 105 Å². The van der Waals surface area contributed by atoms with Gasteiger partial charge in [0.15, 0.2) is 0 Å². The van der Waals surface area contributed by atoms with Crippen LogP contribution in [0.25, 0.3) is 0 Å². The molecule has 0 unspecified atom stereocenters. The van der Waals surface area contributed by atoms with Crippen LogP contribution >= 0.6 is 0 Å². The fourth-order valence-electron chi connectivity index (χ4n) is 2.11. The topological polar surface area (TPSA) is 113 Å². The second kappa shape index (κ2) is 5.24. The minimum Gasteiger partial charge on any atom is -0.480 e. The van der Waals surface area contributed by atoms with Crippen molar-refractivity contribution in [2.75, 3.05) is 6.54 Å². The molecule has 0 aliphatic carbocycles. The molecule has 1 rings (SSSR count). The lowest BCUT2D eigenvalue weighted by Gasteiger charge is -2.32. The number of hydrogen-bond acceptors (Lipinski definition) is 3. The summed E-state index contributed by atoms with van der Waals surface area (Å²) in [5.41, 5.74) is 4.65. The third-order valence-electron chi connectivity index (χ3n) is 3.15. The van der Waals surface area contributed by atoms with Crippen LogP contribution in [0.4, 0.5) is 4.79 Å². The maximum atomic E-state index is 12.0. The van der Waals surface area contributed by atoms with Gasteiger partial charge in [0.25, 0.3) is 0 Å². The summed E-state index contributed by atoms with van der Waals surface area (Å²) in [6.07, 6.45) is 1.34. The van der Waals surface area contributed by atoms with Gasteiger partial charge in [-0.3, -0.25) is 4.79 Å². The molecule has 4 N–H and O–H groups in total. The van der Waals surface area contributed by atoms with E-state index in [1.165, 1.54) is 0 Å². The van der Waals surface area contributed by atoms with Gasteiger partial charge in [-0.05, 0) is 26.7 Å². The number of rotatable bonds is 4. The first-order valence-electron chi connectivity index (χ1n) is 5.83. The average molecular weight is 257 g/mol. The summed E-state index contributed by atoms with van der Waals surface area (Å²) in [4.78, 5) is 35.2. The van der Waals surface area contributed by atoms with E-state index in [-0.39, 0.29) is 5.54 Å². The van der Waals surface area contributed by atoms with Crippen molar-refractivity contribution in [1.29, 1.82) is 0 Å². The van der Waals surface area contributed by atoms with Gasteiger partial charge in [0.05, 0.1) is 6.42 Å². The number of carbonyl (C=O) groups is 3. The first kappa shape index (κ1) is 14.3. The van der Waals surface area contributed by atoms with Crippen molar-refractivity contribution in [3.05, 3.63) is 0 Å². The number of nitrogens with two attached hydrogens (primary N) is 1. The number of hydrogen-bond donors (Lipinski definition) is 3. The minimum absolute atomic E-state index is 0.292. The fraction of sp³-hybridized carbons (Fsp3) is 0.727. The summed E-state index contributed by atoms with van der Waals surface area (Å²) in [7, 11) is 0. The quantitative estimate of drug-likeness (QED) is 0.652. The molecule has 1 saturated heterocycles. The van der Waals surface area contributed by atoms with E-state index in [1.54, 1.807) is 4.90 Å². The second-order valence-electron chi connectivity index (χ2n) is 5.08. The van der Waals surface area contributed by atoms with Crippen LogP contribution in [0.15, 0.2) is 0 Å². The first-order chi connectivity index (χ1) is 8.24. The average Bonchev–Trinajstić information content (AvgIpc) is 2.56. The molecule has 0 aromatic heterocycles. The smallest absolute Gasteiger partial charge is 0.326 e. The van der Waals surface area contributed by atoms with Gasteiger partial charge in [-0.15, -0.1) is 0 Å². The summed E-state index contributed by atoms with van der Waals surface area (Å²) in [5, 5.41) is 11.2. The van der Waals surface area contributed by atoms with Gasteiger partial charge in [0, 0.05) is 12.1 Å². The molecule has 7 nitrogen and oxygen atoms in total. The highest BCUT2D eigenvalue weighted by Gasteiger charge is 2.36. The lowest BCUT2D eigenvalue weighted by molar-refractivity contribution is -0.141. The normalized spacial score (nSPS) is 19.3. The van der Waals surface area contributed by atoms with Crippen LogP contribution in [0, 0.1) is 0 Å². The van der Waals surface area contributed by atoms with Crippen molar-refractivity contribution in [3.8, 4) is 0 Å². The lowest BCUT2D eigenvalue weighted by atomic mass is 10.0. The van der Waals surface area contributed by atoms with Crippen LogP contribution in [-0.2, 0) is 9.59 Å². The van der Waals surface area contributed by atoms with E-state index >= 15 is 0 Å². The third-order valence-corrected chi connectivity index (χ3v) is 3.15. The second-order valence-corrected chi connectivity index (χ2v) is 5.08. The van der Waals surface area contributed by atoms with Crippen molar-refractivity contribution in [1.82, 2.24) is 10.2 Å². The van der Waals surface area contributed by atoms with Crippen LogP contribution in [0.5, 0.6) is 0 Å². The molecule has 1 atom stereocenters. The van der Waals surface area contributed by atoms with Crippen LogP contribution in [0.3, 0.4) is 0 Å². The molecule has 1 aliphatic heterocycles. The van der Waals surface area contributed by atoms with E-state index in [0.29, 0.717) is 6.54 Å². The monoisotopic (exact) mass is 257 g/mol. The van der Waals surface area contributed by atoms with Gasteiger partial charge in [-0.2, -0.15) is 0 Å². The standard InChI is InChI=1S/C11H19N3O4/c1-11(2)4-3-5-14(11)10(18)13-7(9(16)17)6-8(12)15/h7H,3-6H2,1-2H3,(H2,12,15)(H,13,18)(H,16,17)/t7-/m1/s1. The predicted molar refractivity (Wildman–Crippen MR) is 63.8 cm³/mol. The first-order valence-corrected chi connectivity index (χ1v) is 5.83. The summed E-state index contributed by atoms with van der Waals surface area (Å²) >= 11 is 0. The molecule has 0 spiro atoms. The number of carbonyl (C=O) groups excluding carboxylic acids is 2. The molecule has 3 amide bonds. The molecular weight excluding hydrogens is 238 g/mol. The number of nitrogens with zero attached hydrogens (tertiary/aromatic N) is 1. The Kier molecular flexibility index (Phi) is 4.15. The molecule has 0 aromatic rings. The van der Waals surface area contributed by atoms with E-state index in [1.807, 2.05) is 13.8 Å². The lowest BCUT2D eigenvalue weighted by Crippen LogP contribution is -2.53. The highest BCUT2D eigenvalue weighted by atomic mass is 16.4. The van der Waals surface area contributed by atoms with Gasteiger partial charge in [-0.1, -0.05) is 0 Å². The van der Waals surface area contributed by atoms with Gasteiger partial charge in [0.2, 0.25) is 5.91 Å². The zero-order valence-corrected chi connectivity index (χ0v) is 10.6. The molecule has 1 aliphatic rings. The van der Waals surface area contributed by atoms with Crippen LogP contribution < -0.4 is 11.1 Å². The molecule has 1 fully saturated rings. The van der Waals surface area contributed by atoms with Crippen LogP contribution in [-0.4, -0.2) is 46.0 Å². The number of aliphatic carboxylic acids is 1. The molecule has 1 heterocycles. The third kappa shape index (κ3) is 3.35. The molecule has 0 bridgehead atoms. The molecule has 18 heavy (non-hydrogen) atoms. The Bertz CT molecular complexity index is 367. The number of primary amides is 1. The number of nitrogens with one attached hydrogen (secondary N) is 1. The molecule has 0 radical (unpaired) electrons. The van der Waals surface area contributed by atoms with Crippen LogP contribution in [0.2, 0.25) is 0 Å². The highest BCUT2D eigenvalue weighted by Crippen LogP contribution is 2.27. The zero-order valence-electron chi connectivity index (χ0n) is 10.6. The van der Waals surface area contributed by atoms with Crippen molar-refractivity contribution in [2.24, 2.45) is 5.73 Å². The molecule has 0 saturated carbocycles. The number of urea groups is 1. The number of amides is 3. The van der Waals surface area contributed by atoms with Gasteiger partial charge in [-0.25, -0.2) is 9.59 Å². The van der Waals surface area contributed by atoms with E-state index in [4.69, 9.17) is 10.8 Å². The van der Waals surface area contributed by atoms with Crippen molar-refractivity contribution in [2.45, 2.75) is 44.7 Å². The Morgan fingerprint density at radius 3 is 2.44 bits per heavy atom. The van der Waals surface area contributed by atoms with Crippen molar-refractivity contribution in [3.63, 3.8) is 0 Å². The van der Waals surface area contributed by atoms with Crippen LogP contribution in [0.1, 0.15) is 33.1 Å². The fourth-order valence-corrected chi connectivity index (χ4v) is 2.11. The molecule has 102 valence electrons. The Morgan fingerprint density at radius 1 is 1.44 bits per heavy atom. The summed E-state index contributed by atoms with van der Waals surface area (Å²) in [6, 6.07) is -1.74. The number of carboxylic acids is 1. The van der Waals surface area contributed by atoms with E-state index in [2.05, 4.69) is 5.32 Å². The molecule has 0 aromatic carbocycles. The largest absolute Gasteiger partial charge is 0.480 e. The summed E-state index contributed by atoms with van der Waals surface area (Å²) < 4.78 is 0. The minimum atomic E-state index is -1.27. The summed E-state index contributed by atoms with van der Waals surface area (Å²) in [5.74, 6) is -2.03. The SMILES string of the molecule is CC1(C)CCCN1C(=O)N[C@H](CC(N)=O)C(=O)O. The van der Waals surface area contributed by atoms with Crippen molar-refractivity contribution >= 4 is 17.9 Å². The van der Waals surface area contributed by atoms with Crippen molar-refractivity contribution < 1.29 is 19.5 Å². The predicted octanol–water partition coefficient (Wildman–Crippen LogP) is -0.101. The van der Waals surface area contributed by atoms with Gasteiger partial charge < -0.3 is 21.1 Å². The van der Waals surface area contributed by atoms with E-state index in [0.717, 1.165) is 12.8 Å². The molecular formula is C11H19N3O4. The molecule has 7 heteroatoms.